The van der Waals surface area contributed by atoms with Gasteiger partial charge in [0.2, 0.25) is 0 Å². The lowest BCUT2D eigenvalue weighted by Crippen LogP contribution is -2.27. The van der Waals surface area contributed by atoms with Gasteiger partial charge in [-0.05, 0) is 0 Å². The standard InChI is InChI=1S/C7H3Cl5O2/c1-2(13)14-7(12)5(10)3(8)4(9)6(7)11/h1H3. The number of alkyl halides is 1. The van der Waals surface area contributed by atoms with E-state index in [9.17, 15) is 4.79 Å². The normalized spacial score (nSPS) is 20.4. The van der Waals surface area contributed by atoms with Crippen LogP contribution in [0.3, 0.4) is 0 Å². The van der Waals surface area contributed by atoms with E-state index >= 15 is 0 Å². The first-order valence-electron chi connectivity index (χ1n) is 3.31. The molecule has 1 aliphatic rings. The Kier molecular flexibility index (Phi) is 3.66. The van der Waals surface area contributed by atoms with E-state index in [1.807, 2.05) is 0 Å². The van der Waals surface area contributed by atoms with Gasteiger partial charge in [-0.1, -0.05) is 58.0 Å². The van der Waals surface area contributed by atoms with E-state index in [0.29, 0.717) is 0 Å². The molecule has 0 radical (unpaired) electrons. The molecule has 0 aromatic heterocycles. The average Bonchev–Trinajstić information content (AvgIpc) is 2.21. The fourth-order valence-corrected chi connectivity index (χ4v) is 2.31. The summed E-state index contributed by atoms with van der Waals surface area (Å²) in [5, 5.41) is -2.05. The second-order valence-corrected chi connectivity index (χ2v) is 4.49. The van der Waals surface area contributed by atoms with Gasteiger partial charge >= 0.3 is 5.97 Å². The minimum Gasteiger partial charge on any atom is -0.432 e. The maximum atomic E-state index is 10.8. The van der Waals surface area contributed by atoms with Crippen LogP contribution in [-0.2, 0) is 9.53 Å². The predicted octanol–water partition coefficient (Wildman–Crippen LogP) is 3.88. The third kappa shape index (κ3) is 1.86. The molecule has 0 atom stereocenters. The maximum absolute atomic E-state index is 10.8. The van der Waals surface area contributed by atoms with Gasteiger partial charge in [-0.15, -0.1) is 0 Å². The van der Waals surface area contributed by atoms with E-state index in [4.69, 9.17) is 62.7 Å². The Labute approximate surface area is 105 Å². The quantitative estimate of drug-likeness (QED) is 0.542. The zero-order valence-electron chi connectivity index (χ0n) is 6.71. The molecule has 0 heterocycles. The van der Waals surface area contributed by atoms with Crippen LogP contribution in [0.4, 0.5) is 0 Å². The van der Waals surface area contributed by atoms with Gasteiger partial charge in [-0.25, -0.2) is 0 Å². The van der Waals surface area contributed by atoms with Gasteiger partial charge in [0.15, 0.2) is 0 Å². The van der Waals surface area contributed by atoms with Crippen LogP contribution in [0.1, 0.15) is 6.92 Å². The fourth-order valence-electron chi connectivity index (χ4n) is 0.859. The van der Waals surface area contributed by atoms with Crippen molar-refractivity contribution < 1.29 is 9.53 Å². The lowest BCUT2D eigenvalue weighted by molar-refractivity contribution is -0.144. The molecule has 1 aliphatic carbocycles. The van der Waals surface area contributed by atoms with Crippen molar-refractivity contribution >= 4 is 64.0 Å². The van der Waals surface area contributed by atoms with Crippen LogP contribution in [0.15, 0.2) is 20.1 Å². The lowest BCUT2D eigenvalue weighted by atomic mass is 10.4. The van der Waals surface area contributed by atoms with Crippen LogP contribution in [0.25, 0.3) is 0 Å². The largest absolute Gasteiger partial charge is 0.432 e. The molecular formula is C7H3Cl5O2. The number of hydrogen-bond acceptors (Lipinski definition) is 2. The summed E-state index contributed by atoms with van der Waals surface area (Å²) < 4.78 is 4.74. The van der Waals surface area contributed by atoms with Gasteiger partial charge in [-0.2, -0.15) is 0 Å². The first-order chi connectivity index (χ1) is 6.30. The van der Waals surface area contributed by atoms with Gasteiger partial charge < -0.3 is 4.74 Å². The highest BCUT2D eigenvalue weighted by Gasteiger charge is 2.47. The number of esters is 1. The van der Waals surface area contributed by atoms with Crippen molar-refractivity contribution in [2.45, 2.75) is 12.0 Å². The third-order valence-electron chi connectivity index (χ3n) is 1.43. The molecule has 0 fully saturated rings. The van der Waals surface area contributed by atoms with Crippen LogP contribution in [-0.4, -0.2) is 11.0 Å². The summed E-state index contributed by atoms with van der Waals surface area (Å²) in [5.74, 6) is -0.646. The number of allylic oxidation sites excluding steroid dienone is 2. The minimum absolute atomic E-state index is 0.0189. The monoisotopic (exact) mass is 294 g/mol. The Morgan fingerprint density at radius 3 is 1.79 bits per heavy atom. The Morgan fingerprint density at radius 2 is 1.50 bits per heavy atom. The molecule has 2 nitrogen and oxygen atoms in total. The molecule has 7 heteroatoms. The minimum atomic E-state index is -1.77. The summed E-state index contributed by atoms with van der Waals surface area (Å²) >= 11 is 28.7. The summed E-state index contributed by atoms with van der Waals surface area (Å²) in [7, 11) is 0. The number of halogens is 5. The molecule has 0 amide bonds. The maximum Gasteiger partial charge on any atom is 0.304 e. The van der Waals surface area contributed by atoms with Gasteiger partial charge in [0.25, 0.3) is 5.06 Å². The highest BCUT2D eigenvalue weighted by molar-refractivity contribution is 6.58. The molecule has 0 spiro atoms. The van der Waals surface area contributed by atoms with Crippen LogP contribution in [0.5, 0.6) is 0 Å². The molecule has 0 aromatic rings. The molecule has 0 aromatic carbocycles. The van der Waals surface area contributed by atoms with E-state index in [2.05, 4.69) is 0 Å². The molecule has 0 N–H and O–H groups in total. The topological polar surface area (TPSA) is 26.3 Å². The number of ether oxygens (including phenoxy) is 1. The smallest absolute Gasteiger partial charge is 0.304 e. The van der Waals surface area contributed by atoms with E-state index < -0.39 is 11.0 Å². The van der Waals surface area contributed by atoms with Crippen LogP contribution >= 0.6 is 58.0 Å². The highest BCUT2D eigenvalue weighted by Crippen LogP contribution is 2.52. The van der Waals surface area contributed by atoms with Crippen molar-refractivity contribution in [3.63, 3.8) is 0 Å². The first kappa shape index (κ1) is 12.5. The van der Waals surface area contributed by atoms with E-state index in [1.165, 1.54) is 6.92 Å². The second kappa shape index (κ2) is 4.11. The molecule has 0 unspecified atom stereocenters. The summed E-state index contributed by atoms with van der Waals surface area (Å²) in [6.45, 7) is 1.17. The van der Waals surface area contributed by atoms with E-state index in [-0.39, 0.29) is 20.1 Å². The second-order valence-electron chi connectivity index (χ2n) is 2.44. The Morgan fingerprint density at radius 1 is 1.14 bits per heavy atom. The van der Waals surface area contributed by atoms with Gasteiger partial charge in [-0.3, -0.25) is 4.79 Å². The van der Waals surface area contributed by atoms with Crippen LogP contribution in [0, 0.1) is 0 Å². The van der Waals surface area contributed by atoms with Crippen molar-refractivity contribution in [3.05, 3.63) is 20.1 Å². The summed E-state index contributed by atoms with van der Waals surface area (Å²) in [6.07, 6.45) is 0. The van der Waals surface area contributed by atoms with E-state index in [0.717, 1.165) is 0 Å². The molecular weight excluding hydrogens is 293 g/mol. The number of rotatable bonds is 1. The summed E-state index contributed by atoms with van der Waals surface area (Å²) in [4.78, 5) is 10.8. The van der Waals surface area contributed by atoms with Crippen molar-refractivity contribution in [1.29, 1.82) is 0 Å². The van der Waals surface area contributed by atoms with Crippen LogP contribution in [0.2, 0.25) is 0 Å². The SMILES string of the molecule is CC(=O)OC1(Cl)C(Cl)=C(Cl)C(Cl)=C1Cl. The molecule has 0 aliphatic heterocycles. The Hall–Kier alpha value is 0.400. The number of carbonyl (C=O) groups excluding carboxylic acids is 1. The third-order valence-corrected chi connectivity index (χ3v) is 4.03. The lowest BCUT2D eigenvalue weighted by Gasteiger charge is -2.21. The van der Waals surface area contributed by atoms with E-state index in [1.54, 1.807) is 0 Å². The first-order valence-corrected chi connectivity index (χ1v) is 5.20. The molecule has 78 valence electrons. The zero-order valence-corrected chi connectivity index (χ0v) is 10.5. The molecule has 0 saturated heterocycles. The van der Waals surface area contributed by atoms with Crippen molar-refractivity contribution in [1.82, 2.24) is 0 Å². The summed E-state index contributed by atoms with van der Waals surface area (Å²) in [6, 6.07) is 0. The molecule has 14 heavy (non-hydrogen) atoms. The van der Waals surface area contributed by atoms with Crippen LogP contribution < -0.4 is 0 Å². The zero-order chi connectivity index (χ0) is 11.1. The molecule has 0 saturated carbocycles. The Balaban J connectivity index is 3.19. The number of hydrogen-bond donors (Lipinski definition) is 0. The van der Waals surface area contributed by atoms with Crippen molar-refractivity contribution in [3.8, 4) is 0 Å². The molecule has 0 bridgehead atoms. The summed E-state index contributed by atoms with van der Waals surface area (Å²) in [5.41, 5.74) is 0. The van der Waals surface area contributed by atoms with Gasteiger partial charge in [0.1, 0.15) is 10.1 Å². The molecule has 1 rings (SSSR count). The predicted molar refractivity (Wildman–Crippen MR) is 57.8 cm³/mol. The van der Waals surface area contributed by atoms with Crippen molar-refractivity contribution in [2.75, 3.05) is 0 Å². The van der Waals surface area contributed by atoms with Gasteiger partial charge in [0.05, 0.1) is 10.1 Å². The number of carbonyl (C=O) groups is 1. The van der Waals surface area contributed by atoms with Gasteiger partial charge in [0, 0.05) is 6.92 Å². The Bertz CT molecular complexity index is 333. The fraction of sp³-hybridized carbons (Fsp3) is 0.286. The van der Waals surface area contributed by atoms with Crippen molar-refractivity contribution in [2.24, 2.45) is 0 Å². The highest BCUT2D eigenvalue weighted by atomic mass is 35.5. The average molecular weight is 296 g/mol.